The van der Waals surface area contributed by atoms with Crippen molar-refractivity contribution in [1.82, 2.24) is 9.88 Å². The van der Waals surface area contributed by atoms with E-state index in [0.29, 0.717) is 18.7 Å². The molecule has 0 saturated carbocycles. The summed E-state index contributed by atoms with van der Waals surface area (Å²) < 4.78 is 0. The molecule has 1 atom stereocenters. The number of likely N-dealkylation sites (tertiary alicyclic amines) is 1. The lowest BCUT2D eigenvalue weighted by molar-refractivity contribution is -0.138. The number of nitrogens with zero attached hydrogens (tertiary/aromatic N) is 1. The highest BCUT2D eigenvalue weighted by Gasteiger charge is 2.25. The van der Waals surface area contributed by atoms with Crippen LogP contribution in [0.15, 0.2) is 23.1 Å². The first kappa shape index (κ1) is 13.3. The first-order valence-electron chi connectivity index (χ1n) is 6.26. The van der Waals surface area contributed by atoms with Gasteiger partial charge in [-0.3, -0.25) is 14.4 Å². The molecule has 1 aliphatic rings. The number of carbonyl (C=O) groups is 2. The predicted molar refractivity (Wildman–Crippen MR) is 67.9 cm³/mol. The molecule has 0 bridgehead atoms. The van der Waals surface area contributed by atoms with E-state index in [1.165, 1.54) is 12.3 Å². The molecule has 2 heterocycles. The monoisotopic (exact) mass is 264 g/mol. The van der Waals surface area contributed by atoms with Gasteiger partial charge in [-0.25, -0.2) is 0 Å². The number of amides is 1. The fraction of sp³-hybridized carbons (Fsp3) is 0.462. The minimum absolute atomic E-state index is 0.00260. The number of hydrogen-bond acceptors (Lipinski definition) is 3. The van der Waals surface area contributed by atoms with Crippen LogP contribution in [0, 0.1) is 5.92 Å². The van der Waals surface area contributed by atoms with Crippen molar-refractivity contribution in [3.05, 3.63) is 34.2 Å². The van der Waals surface area contributed by atoms with Crippen LogP contribution >= 0.6 is 0 Å². The first-order chi connectivity index (χ1) is 9.06. The Labute approximate surface area is 110 Å². The zero-order valence-electron chi connectivity index (χ0n) is 10.5. The number of hydrogen-bond donors (Lipinski definition) is 2. The van der Waals surface area contributed by atoms with E-state index in [9.17, 15) is 14.4 Å². The summed E-state index contributed by atoms with van der Waals surface area (Å²) >= 11 is 0. The van der Waals surface area contributed by atoms with Crippen LogP contribution in [0.4, 0.5) is 0 Å². The molecule has 2 rings (SSSR count). The standard InChI is InChI=1S/C13H16N2O4/c16-11-7-10(3-4-14-11)13(19)15-5-1-2-9(8-15)6-12(17)18/h3-4,7,9H,1-2,5-6,8H2,(H,14,16)(H,17,18). The van der Waals surface area contributed by atoms with Crippen molar-refractivity contribution in [3.8, 4) is 0 Å². The third-order valence-electron chi connectivity index (χ3n) is 3.29. The Hall–Kier alpha value is -2.11. The lowest BCUT2D eigenvalue weighted by atomic mass is 9.94. The van der Waals surface area contributed by atoms with Crippen LogP contribution in [0.2, 0.25) is 0 Å². The Morgan fingerprint density at radius 2 is 2.26 bits per heavy atom. The zero-order chi connectivity index (χ0) is 13.8. The Morgan fingerprint density at radius 1 is 1.47 bits per heavy atom. The van der Waals surface area contributed by atoms with Crippen molar-refractivity contribution in [1.29, 1.82) is 0 Å². The predicted octanol–water partition coefficient (Wildman–Crippen LogP) is 0.702. The summed E-state index contributed by atoms with van der Waals surface area (Å²) in [7, 11) is 0. The second kappa shape index (κ2) is 5.69. The van der Waals surface area contributed by atoms with Crippen LogP contribution in [-0.4, -0.2) is 40.0 Å². The van der Waals surface area contributed by atoms with Gasteiger partial charge in [0.25, 0.3) is 5.91 Å². The summed E-state index contributed by atoms with van der Waals surface area (Å²) in [5.41, 5.74) is 0.0321. The van der Waals surface area contributed by atoms with E-state index < -0.39 is 5.97 Å². The highest BCUT2D eigenvalue weighted by atomic mass is 16.4. The van der Waals surface area contributed by atoms with Gasteiger partial charge in [0.2, 0.25) is 5.56 Å². The van der Waals surface area contributed by atoms with Gasteiger partial charge in [-0.05, 0) is 24.8 Å². The highest BCUT2D eigenvalue weighted by Crippen LogP contribution is 2.20. The quantitative estimate of drug-likeness (QED) is 0.840. The summed E-state index contributed by atoms with van der Waals surface area (Å²) in [5, 5.41) is 8.80. The maximum atomic E-state index is 12.2. The Morgan fingerprint density at radius 3 is 2.95 bits per heavy atom. The van der Waals surface area contributed by atoms with Crippen molar-refractivity contribution in [2.24, 2.45) is 5.92 Å². The van der Waals surface area contributed by atoms with E-state index in [0.717, 1.165) is 12.8 Å². The van der Waals surface area contributed by atoms with Crippen LogP contribution < -0.4 is 5.56 Å². The molecule has 1 amide bonds. The number of aromatic amines is 1. The lowest BCUT2D eigenvalue weighted by Crippen LogP contribution is -2.40. The molecular weight excluding hydrogens is 248 g/mol. The number of rotatable bonds is 3. The van der Waals surface area contributed by atoms with E-state index in [-0.39, 0.29) is 23.8 Å². The summed E-state index contributed by atoms with van der Waals surface area (Å²) in [4.78, 5) is 38.2. The number of piperidine rings is 1. The van der Waals surface area contributed by atoms with Gasteiger partial charge < -0.3 is 15.0 Å². The summed E-state index contributed by atoms with van der Waals surface area (Å²) in [6.45, 7) is 1.06. The molecule has 0 aliphatic carbocycles. The van der Waals surface area contributed by atoms with Crippen LogP contribution in [0.5, 0.6) is 0 Å². The number of carbonyl (C=O) groups excluding carboxylic acids is 1. The van der Waals surface area contributed by atoms with E-state index in [4.69, 9.17) is 5.11 Å². The topological polar surface area (TPSA) is 90.5 Å². The maximum absolute atomic E-state index is 12.2. The molecule has 6 heteroatoms. The Bertz CT molecular complexity index is 537. The Balaban J connectivity index is 2.07. The molecule has 1 aromatic heterocycles. The highest BCUT2D eigenvalue weighted by molar-refractivity contribution is 5.94. The number of nitrogens with one attached hydrogen (secondary N) is 1. The van der Waals surface area contributed by atoms with Crippen LogP contribution in [0.1, 0.15) is 29.6 Å². The van der Waals surface area contributed by atoms with Crippen LogP contribution in [-0.2, 0) is 4.79 Å². The summed E-state index contributed by atoms with van der Waals surface area (Å²) in [6.07, 6.45) is 3.14. The number of aliphatic carboxylic acids is 1. The van der Waals surface area contributed by atoms with Gasteiger partial charge in [-0.1, -0.05) is 0 Å². The Kier molecular flexibility index (Phi) is 3.99. The van der Waals surface area contributed by atoms with Crippen LogP contribution in [0.25, 0.3) is 0 Å². The van der Waals surface area contributed by atoms with Crippen LogP contribution in [0.3, 0.4) is 0 Å². The van der Waals surface area contributed by atoms with Gasteiger partial charge in [0.1, 0.15) is 0 Å². The number of H-pyrrole nitrogens is 1. The third kappa shape index (κ3) is 3.43. The van der Waals surface area contributed by atoms with Crippen molar-refractivity contribution >= 4 is 11.9 Å². The largest absolute Gasteiger partial charge is 0.481 e. The maximum Gasteiger partial charge on any atom is 0.303 e. The average Bonchev–Trinajstić information content (AvgIpc) is 2.37. The molecule has 102 valence electrons. The van der Waals surface area contributed by atoms with E-state index in [1.807, 2.05) is 0 Å². The molecule has 0 aromatic carbocycles. The van der Waals surface area contributed by atoms with Gasteiger partial charge >= 0.3 is 5.97 Å². The van der Waals surface area contributed by atoms with Crippen molar-refractivity contribution < 1.29 is 14.7 Å². The second-order valence-electron chi connectivity index (χ2n) is 4.80. The van der Waals surface area contributed by atoms with Crippen molar-refractivity contribution in [2.45, 2.75) is 19.3 Å². The number of carboxylic acids is 1. The van der Waals surface area contributed by atoms with Gasteiger partial charge in [0.05, 0.1) is 0 Å². The van der Waals surface area contributed by atoms with E-state index >= 15 is 0 Å². The fourth-order valence-corrected chi connectivity index (χ4v) is 2.42. The first-order valence-corrected chi connectivity index (χ1v) is 6.26. The molecule has 0 spiro atoms. The molecule has 1 unspecified atom stereocenters. The summed E-state index contributed by atoms with van der Waals surface area (Å²) in [5.74, 6) is -1.05. The minimum atomic E-state index is -0.838. The van der Waals surface area contributed by atoms with Crippen molar-refractivity contribution in [3.63, 3.8) is 0 Å². The summed E-state index contributed by atoms with van der Waals surface area (Å²) in [6, 6.07) is 2.83. The van der Waals surface area contributed by atoms with E-state index in [2.05, 4.69) is 4.98 Å². The lowest BCUT2D eigenvalue weighted by Gasteiger charge is -2.32. The van der Waals surface area contributed by atoms with E-state index in [1.54, 1.807) is 11.0 Å². The molecular formula is C13H16N2O4. The molecule has 0 radical (unpaired) electrons. The fourth-order valence-electron chi connectivity index (χ4n) is 2.42. The molecule has 19 heavy (non-hydrogen) atoms. The zero-order valence-corrected chi connectivity index (χ0v) is 10.5. The average molecular weight is 264 g/mol. The number of carboxylic acid groups (broad SMARTS) is 1. The van der Waals surface area contributed by atoms with Crippen molar-refractivity contribution in [2.75, 3.05) is 13.1 Å². The van der Waals surface area contributed by atoms with Gasteiger partial charge in [-0.15, -0.1) is 0 Å². The molecule has 1 aliphatic heterocycles. The molecule has 1 saturated heterocycles. The smallest absolute Gasteiger partial charge is 0.303 e. The van der Waals surface area contributed by atoms with Gasteiger partial charge in [0.15, 0.2) is 0 Å². The van der Waals surface area contributed by atoms with Gasteiger partial charge in [0, 0.05) is 37.3 Å². The third-order valence-corrected chi connectivity index (χ3v) is 3.29. The second-order valence-corrected chi connectivity index (χ2v) is 4.80. The molecule has 1 fully saturated rings. The molecule has 6 nitrogen and oxygen atoms in total. The SMILES string of the molecule is O=C(O)CC1CCCN(C(=O)c2cc[nH]c(=O)c2)C1. The van der Waals surface area contributed by atoms with Gasteiger partial charge in [-0.2, -0.15) is 0 Å². The number of pyridine rings is 1. The molecule has 1 aromatic rings. The normalized spacial score (nSPS) is 19.2. The number of aromatic nitrogens is 1. The molecule has 2 N–H and O–H groups in total. The minimum Gasteiger partial charge on any atom is -0.481 e.